The van der Waals surface area contributed by atoms with Crippen molar-refractivity contribution in [2.45, 2.75) is 0 Å². The van der Waals surface area contributed by atoms with Gasteiger partial charge >= 0.3 is 0 Å². The third-order valence-electron chi connectivity index (χ3n) is 0. The molecule has 0 saturated carbocycles. The maximum atomic E-state index is 8.57. The molecule has 0 heterocycles. The maximum absolute atomic E-state index is 8.57. The van der Waals surface area contributed by atoms with Crippen molar-refractivity contribution in [3.05, 3.63) is 13.2 Å². The molecule has 0 unspecified atom stereocenters. The summed E-state index contributed by atoms with van der Waals surface area (Å²) in [6.45, 7) is 5.36. The molecular weight excluding hydrogens is 287 g/mol. The van der Waals surface area contributed by atoms with E-state index in [1.54, 1.807) is 0 Å². The Morgan fingerprint density at radius 1 is 1.00 bits per heavy atom. The predicted octanol–water partition coefficient (Wildman–Crippen LogP) is -0.373. The quantitative estimate of drug-likeness (QED) is 0.451. The third kappa shape index (κ3) is 2690. The predicted molar refractivity (Wildman–Crippen MR) is 28.4 cm³/mol. The molecule has 0 aliphatic rings. The molecule has 36 valence electrons. The molecule has 0 aliphatic heterocycles. The molecular formula is C4H4O2Pb. The van der Waals surface area contributed by atoms with Gasteiger partial charge in [-0.2, -0.15) is 0 Å². The molecule has 0 bridgehead atoms. The van der Waals surface area contributed by atoms with Crippen LogP contribution in [0.3, 0.4) is 0 Å². The minimum Gasteiger partial charge on any atom is -0.234 e. The normalized spacial score (nSPS) is 2.29. The smallest absolute Gasteiger partial charge is 0.116 e. The molecule has 0 spiro atoms. The Morgan fingerprint density at radius 3 is 1.00 bits per heavy atom. The van der Waals surface area contributed by atoms with Crippen LogP contribution in [-0.4, -0.2) is 39.2 Å². The van der Waals surface area contributed by atoms with E-state index < -0.39 is 0 Å². The molecule has 0 saturated heterocycles. The van der Waals surface area contributed by atoms with E-state index in [0.29, 0.717) is 0 Å². The molecule has 0 rings (SSSR count). The van der Waals surface area contributed by atoms with Gasteiger partial charge in [-0.05, 0) is 13.2 Å². The van der Waals surface area contributed by atoms with Gasteiger partial charge in [0.05, 0.1) is 0 Å². The zero-order valence-electron chi connectivity index (χ0n) is 3.73. The summed E-state index contributed by atoms with van der Waals surface area (Å²) < 4.78 is 0. The molecule has 0 aliphatic carbocycles. The average molecular weight is 291 g/mol. The third-order valence-corrected chi connectivity index (χ3v) is 0. The van der Waals surface area contributed by atoms with Crippen LogP contribution in [0.1, 0.15) is 0 Å². The van der Waals surface area contributed by atoms with Crippen molar-refractivity contribution in [2.24, 2.45) is 0 Å². The van der Waals surface area contributed by atoms with Crippen LogP contribution in [-0.2, 0) is 9.59 Å². The summed E-state index contributed by atoms with van der Waals surface area (Å²) >= 11 is 0. The zero-order chi connectivity index (χ0) is 5.41. The number of carbonyl (C=O) groups excluding carboxylic acids is 2. The molecule has 7 heavy (non-hydrogen) atoms. The Hall–Kier alpha value is -0.178. The number of rotatable bonds is 0. The van der Waals surface area contributed by atoms with Gasteiger partial charge in [0.25, 0.3) is 0 Å². The van der Waals surface area contributed by atoms with Crippen molar-refractivity contribution < 1.29 is 9.59 Å². The van der Waals surface area contributed by atoms with Gasteiger partial charge in [-0.25, -0.2) is 9.59 Å². The standard InChI is InChI=1S/2C2H2O.Pb/c2*1-2-3;/h2*1H2;. The van der Waals surface area contributed by atoms with Crippen LogP contribution in [0.2, 0.25) is 0 Å². The van der Waals surface area contributed by atoms with Crippen molar-refractivity contribution in [3.63, 3.8) is 0 Å². The molecule has 3 heteroatoms. The first-order valence-electron chi connectivity index (χ1n) is 1.12. The van der Waals surface area contributed by atoms with Crippen LogP contribution in [0.15, 0.2) is 13.2 Å². The van der Waals surface area contributed by atoms with Crippen molar-refractivity contribution in [1.29, 1.82) is 0 Å². The molecule has 0 aromatic heterocycles. The summed E-state index contributed by atoms with van der Waals surface area (Å²) in [5.41, 5.74) is 0. The van der Waals surface area contributed by atoms with Gasteiger partial charge in [0.2, 0.25) is 0 Å². The summed E-state index contributed by atoms with van der Waals surface area (Å²) in [6.07, 6.45) is 0. The minimum atomic E-state index is 0. The Labute approximate surface area is 62.1 Å². The fourth-order valence-corrected chi connectivity index (χ4v) is 0. The van der Waals surface area contributed by atoms with E-state index in [2.05, 4.69) is 13.2 Å². The summed E-state index contributed by atoms with van der Waals surface area (Å²) in [7, 11) is 0. The first-order valence-corrected chi connectivity index (χ1v) is 1.12. The first-order chi connectivity index (χ1) is 2.83. The fourth-order valence-electron chi connectivity index (χ4n) is 0. The fraction of sp³-hybridized carbons (Fsp3) is 0. The van der Waals surface area contributed by atoms with Crippen molar-refractivity contribution in [3.8, 4) is 0 Å². The molecule has 0 fully saturated rings. The molecule has 0 aromatic rings. The SMILES string of the molecule is C=C=O.C=C=O.[Pb]. The van der Waals surface area contributed by atoms with Crippen LogP contribution < -0.4 is 0 Å². The summed E-state index contributed by atoms with van der Waals surface area (Å²) in [4.78, 5) is 17.1. The van der Waals surface area contributed by atoms with Crippen molar-refractivity contribution in [2.75, 3.05) is 0 Å². The van der Waals surface area contributed by atoms with E-state index in [0.717, 1.165) is 0 Å². The maximum Gasteiger partial charge on any atom is 0.116 e. The van der Waals surface area contributed by atoms with E-state index >= 15 is 0 Å². The molecule has 0 atom stereocenters. The molecule has 0 amide bonds. The Morgan fingerprint density at radius 2 is 1.00 bits per heavy atom. The van der Waals surface area contributed by atoms with Gasteiger partial charge < -0.3 is 0 Å². The second kappa shape index (κ2) is 40.8. The Balaban J connectivity index is -0.0000000400. The van der Waals surface area contributed by atoms with E-state index in [9.17, 15) is 0 Å². The van der Waals surface area contributed by atoms with Crippen LogP contribution in [0.25, 0.3) is 0 Å². The largest absolute Gasteiger partial charge is 0.234 e. The summed E-state index contributed by atoms with van der Waals surface area (Å²) in [6, 6.07) is 0. The second-order valence-electron chi connectivity index (χ2n) is 0.289. The molecule has 0 aromatic carbocycles. The van der Waals surface area contributed by atoms with Gasteiger partial charge in [-0.3, -0.25) is 0 Å². The van der Waals surface area contributed by atoms with E-state index in [1.807, 2.05) is 0 Å². The van der Waals surface area contributed by atoms with Crippen molar-refractivity contribution in [1.82, 2.24) is 0 Å². The molecule has 0 N–H and O–H groups in total. The van der Waals surface area contributed by atoms with E-state index in [-0.39, 0.29) is 27.3 Å². The number of hydrogen-bond donors (Lipinski definition) is 0. The van der Waals surface area contributed by atoms with Gasteiger partial charge in [0, 0.05) is 27.3 Å². The van der Waals surface area contributed by atoms with Crippen LogP contribution in [0, 0.1) is 0 Å². The molecule has 2 nitrogen and oxygen atoms in total. The van der Waals surface area contributed by atoms with Gasteiger partial charge in [-0.1, -0.05) is 0 Å². The van der Waals surface area contributed by atoms with Gasteiger partial charge in [0.1, 0.15) is 11.9 Å². The van der Waals surface area contributed by atoms with E-state index in [4.69, 9.17) is 9.59 Å². The average Bonchev–Trinajstić information content (AvgIpc) is 1.39. The van der Waals surface area contributed by atoms with Crippen LogP contribution in [0.5, 0.6) is 0 Å². The van der Waals surface area contributed by atoms with Crippen LogP contribution >= 0.6 is 0 Å². The Kier molecular flexibility index (Phi) is 92.2. The number of hydrogen-bond acceptors (Lipinski definition) is 2. The summed E-state index contributed by atoms with van der Waals surface area (Å²) in [5, 5.41) is 0. The Bertz CT molecular complexity index is 63.7. The summed E-state index contributed by atoms with van der Waals surface area (Å²) in [5.74, 6) is 2.50. The van der Waals surface area contributed by atoms with Gasteiger partial charge in [-0.15, -0.1) is 0 Å². The second-order valence-corrected chi connectivity index (χ2v) is 0.289. The van der Waals surface area contributed by atoms with Gasteiger partial charge in [0.15, 0.2) is 0 Å². The van der Waals surface area contributed by atoms with E-state index in [1.165, 1.54) is 11.9 Å². The monoisotopic (exact) mass is 292 g/mol. The minimum absolute atomic E-state index is 0. The van der Waals surface area contributed by atoms with Crippen LogP contribution in [0.4, 0.5) is 0 Å². The zero-order valence-corrected chi connectivity index (χ0v) is 7.62. The van der Waals surface area contributed by atoms with Crippen molar-refractivity contribution >= 4 is 39.2 Å². The molecule has 4 radical (unpaired) electrons. The first kappa shape index (κ1) is 15.8. The topological polar surface area (TPSA) is 34.1 Å².